The Morgan fingerprint density at radius 1 is 1.28 bits per heavy atom. The molecule has 2 amide bonds. The van der Waals surface area contributed by atoms with Crippen LogP contribution in [0.2, 0.25) is 0 Å². The van der Waals surface area contributed by atoms with Gasteiger partial charge in [0.25, 0.3) is 0 Å². The molecule has 0 aromatic carbocycles. The zero-order valence-electron chi connectivity index (χ0n) is 12.1. The van der Waals surface area contributed by atoms with Crippen molar-refractivity contribution in [1.29, 1.82) is 0 Å². The van der Waals surface area contributed by atoms with Gasteiger partial charge in [-0.2, -0.15) is 0 Å². The molecule has 0 spiro atoms. The van der Waals surface area contributed by atoms with Crippen LogP contribution in [0.25, 0.3) is 0 Å². The fourth-order valence-corrected chi connectivity index (χ4v) is 2.49. The van der Waals surface area contributed by atoms with Gasteiger partial charge in [-0.15, -0.1) is 0 Å². The molecule has 1 aliphatic rings. The van der Waals surface area contributed by atoms with E-state index in [-0.39, 0.29) is 23.4 Å². The third kappa shape index (κ3) is 3.03. The van der Waals surface area contributed by atoms with E-state index in [4.69, 9.17) is 0 Å². The normalized spacial score (nSPS) is 21.8. The Balaban J connectivity index is 2.96. The number of hydrogen-bond donors (Lipinski definition) is 1. The highest BCUT2D eigenvalue weighted by molar-refractivity contribution is 5.90. The summed E-state index contributed by atoms with van der Waals surface area (Å²) >= 11 is 0. The van der Waals surface area contributed by atoms with Gasteiger partial charge in [0, 0.05) is 18.5 Å². The molecule has 1 heterocycles. The molecule has 1 atom stereocenters. The first-order chi connectivity index (χ1) is 8.48. The maximum Gasteiger partial charge on any atom is 0.245 e. The standard InChI is InChI=1S/C14H26N2O2/c1-5-8-11-13(18)16(10-9-12(17)15-11)14(4,6-2)7-3/h11H,5-10H2,1-4H3,(H,15,17). The molecule has 18 heavy (non-hydrogen) atoms. The molecule has 0 aromatic heterocycles. The highest BCUT2D eigenvalue weighted by Crippen LogP contribution is 2.26. The predicted octanol–water partition coefficient (Wildman–Crippen LogP) is 2.08. The van der Waals surface area contributed by atoms with Gasteiger partial charge in [0.05, 0.1) is 0 Å². The van der Waals surface area contributed by atoms with Crippen LogP contribution in [0, 0.1) is 0 Å². The lowest BCUT2D eigenvalue weighted by atomic mass is 9.92. The number of nitrogens with one attached hydrogen (secondary N) is 1. The molecule has 0 aromatic rings. The van der Waals surface area contributed by atoms with Crippen molar-refractivity contribution >= 4 is 11.8 Å². The Labute approximate surface area is 110 Å². The lowest BCUT2D eigenvalue weighted by Crippen LogP contribution is -2.53. The van der Waals surface area contributed by atoms with Gasteiger partial charge in [0.15, 0.2) is 0 Å². The van der Waals surface area contributed by atoms with E-state index in [9.17, 15) is 9.59 Å². The third-order valence-electron chi connectivity index (χ3n) is 4.21. The summed E-state index contributed by atoms with van der Waals surface area (Å²) in [4.78, 5) is 26.2. The first kappa shape index (κ1) is 15.0. The Morgan fingerprint density at radius 2 is 1.89 bits per heavy atom. The van der Waals surface area contributed by atoms with Gasteiger partial charge in [0.2, 0.25) is 11.8 Å². The second-order valence-corrected chi connectivity index (χ2v) is 5.35. The monoisotopic (exact) mass is 254 g/mol. The van der Waals surface area contributed by atoms with E-state index in [2.05, 4.69) is 26.1 Å². The Bertz CT molecular complexity index is 311. The second-order valence-electron chi connectivity index (χ2n) is 5.35. The molecule has 1 N–H and O–H groups in total. The van der Waals surface area contributed by atoms with E-state index in [0.29, 0.717) is 13.0 Å². The van der Waals surface area contributed by atoms with E-state index >= 15 is 0 Å². The largest absolute Gasteiger partial charge is 0.344 e. The van der Waals surface area contributed by atoms with Gasteiger partial charge in [-0.3, -0.25) is 9.59 Å². The zero-order valence-corrected chi connectivity index (χ0v) is 12.1. The zero-order chi connectivity index (χ0) is 13.8. The minimum Gasteiger partial charge on any atom is -0.344 e. The fourth-order valence-electron chi connectivity index (χ4n) is 2.49. The van der Waals surface area contributed by atoms with Crippen LogP contribution in [0.1, 0.15) is 59.8 Å². The minimum absolute atomic E-state index is 0.00106. The average Bonchev–Trinajstić information content (AvgIpc) is 2.50. The van der Waals surface area contributed by atoms with Crippen LogP contribution in [0.5, 0.6) is 0 Å². The van der Waals surface area contributed by atoms with Crippen LogP contribution in [-0.4, -0.2) is 34.8 Å². The maximum atomic E-state index is 12.6. The van der Waals surface area contributed by atoms with Crippen molar-refractivity contribution in [2.75, 3.05) is 6.54 Å². The molecule has 0 aliphatic carbocycles. The van der Waals surface area contributed by atoms with Gasteiger partial charge < -0.3 is 10.2 Å². The highest BCUT2D eigenvalue weighted by Gasteiger charge is 2.38. The number of rotatable bonds is 5. The van der Waals surface area contributed by atoms with Gasteiger partial charge >= 0.3 is 0 Å². The first-order valence-electron chi connectivity index (χ1n) is 7.09. The van der Waals surface area contributed by atoms with Crippen LogP contribution in [0.3, 0.4) is 0 Å². The van der Waals surface area contributed by atoms with E-state index in [1.165, 1.54) is 0 Å². The van der Waals surface area contributed by atoms with Crippen molar-refractivity contribution in [3.05, 3.63) is 0 Å². The van der Waals surface area contributed by atoms with Crippen LogP contribution >= 0.6 is 0 Å². The van der Waals surface area contributed by atoms with Crippen molar-refractivity contribution in [3.8, 4) is 0 Å². The molecule has 4 heteroatoms. The quantitative estimate of drug-likeness (QED) is 0.816. The van der Waals surface area contributed by atoms with Crippen molar-refractivity contribution in [1.82, 2.24) is 10.2 Å². The Morgan fingerprint density at radius 3 is 2.39 bits per heavy atom. The minimum atomic E-state index is -0.331. The SMILES string of the molecule is CCCC1NC(=O)CCN(C(C)(CC)CC)C1=O. The van der Waals surface area contributed by atoms with E-state index < -0.39 is 0 Å². The number of carbonyl (C=O) groups is 2. The molecule has 0 bridgehead atoms. The Kier molecular flexibility index (Phi) is 5.17. The van der Waals surface area contributed by atoms with Crippen LogP contribution in [0.15, 0.2) is 0 Å². The topological polar surface area (TPSA) is 49.4 Å². The summed E-state index contributed by atoms with van der Waals surface area (Å²) in [6, 6.07) is -0.331. The summed E-state index contributed by atoms with van der Waals surface area (Å²) < 4.78 is 0. The number of nitrogens with zero attached hydrogens (tertiary/aromatic N) is 1. The molecule has 104 valence electrons. The summed E-state index contributed by atoms with van der Waals surface area (Å²) in [5.74, 6) is 0.0905. The molecule has 1 fully saturated rings. The molecule has 1 rings (SSSR count). The summed E-state index contributed by atoms with van der Waals surface area (Å²) in [7, 11) is 0. The molecule has 0 saturated carbocycles. The van der Waals surface area contributed by atoms with Crippen molar-refractivity contribution in [2.24, 2.45) is 0 Å². The second kappa shape index (κ2) is 6.21. The van der Waals surface area contributed by atoms with Crippen LogP contribution in [-0.2, 0) is 9.59 Å². The summed E-state index contributed by atoms with van der Waals surface area (Å²) in [5.41, 5.74) is -0.130. The lowest BCUT2D eigenvalue weighted by molar-refractivity contribution is -0.139. The van der Waals surface area contributed by atoms with Gasteiger partial charge in [-0.1, -0.05) is 27.2 Å². The highest BCUT2D eigenvalue weighted by atomic mass is 16.2. The lowest BCUT2D eigenvalue weighted by Gasteiger charge is -2.40. The maximum absolute atomic E-state index is 12.6. The summed E-state index contributed by atoms with van der Waals surface area (Å²) in [6.07, 6.45) is 3.89. The van der Waals surface area contributed by atoms with Crippen LogP contribution < -0.4 is 5.32 Å². The molecular formula is C14H26N2O2. The molecule has 1 saturated heterocycles. The molecule has 4 nitrogen and oxygen atoms in total. The molecule has 0 radical (unpaired) electrons. The van der Waals surface area contributed by atoms with E-state index in [0.717, 1.165) is 25.7 Å². The summed E-state index contributed by atoms with van der Waals surface area (Å²) in [5, 5.41) is 2.85. The molecule has 1 unspecified atom stereocenters. The van der Waals surface area contributed by atoms with Crippen LogP contribution in [0.4, 0.5) is 0 Å². The van der Waals surface area contributed by atoms with Crippen molar-refractivity contribution in [3.63, 3.8) is 0 Å². The van der Waals surface area contributed by atoms with Crippen molar-refractivity contribution < 1.29 is 9.59 Å². The van der Waals surface area contributed by atoms with Gasteiger partial charge in [-0.05, 0) is 26.2 Å². The Hall–Kier alpha value is -1.06. The average molecular weight is 254 g/mol. The van der Waals surface area contributed by atoms with Gasteiger partial charge in [0.1, 0.15) is 6.04 Å². The predicted molar refractivity (Wildman–Crippen MR) is 72.2 cm³/mol. The number of hydrogen-bond acceptors (Lipinski definition) is 2. The smallest absolute Gasteiger partial charge is 0.245 e. The van der Waals surface area contributed by atoms with Gasteiger partial charge in [-0.25, -0.2) is 0 Å². The first-order valence-corrected chi connectivity index (χ1v) is 7.09. The fraction of sp³-hybridized carbons (Fsp3) is 0.857. The molecular weight excluding hydrogens is 228 g/mol. The van der Waals surface area contributed by atoms with E-state index in [1.54, 1.807) is 0 Å². The number of carbonyl (C=O) groups excluding carboxylic acids is 2. The third-order valence-corrected chi connectivity index (χ3v) is 4.21. The summed E-state index contributed by atoms with van der Waals surface area (Å²) in [6.45, 7) is 8.90. The molecule has 1 aliphatic heterocycles. The van der Waals surface area contributed by atoms with E-state index in [1.807, 2.05) is 11.8 Å². The van der Waals surface area contributed by atoms with Crippen molar-refractivity contribution in [2.45, 2.75) is 71.4 Å². The number of amides is 2.